The summed E-state index contributed by atoms with van der Waals surface area (Å²) in [6, 6.07) is 0. The molecular weight excluding hydrogens is 250 g/mol. The Kier molecular flexibility index (Phi) is 5.94. The Morgan fingerprint density at radius 2 is 2.32 bits per heavy atom. The van der Waals surface area contributed by atoms with Gasteiger partial charge in [0.05, 0.1) is 4.92 Å². The number of nitro groups is 1. The molecular formula is C11H19N5O3. The summed E-state index contributed by atoms with van der Waals surface area (Å²) in [6.45, 7) is 2.64. The third kappa shape index (κ3) is 4.32. The topological polar surface area (TPSA) is 113 Å². The van der Waals surface area contributed by atoms with Crippen LogP contribution in [0.1, 0.15) is 19.8 Å². The van der Waals surface area contributed by atoms with E-state index in [2.05, 4.69) is 20.6 Å². The zero-order valence-corrected chi connectivity index (χ0v) is 11.1. The van der Waals surface area contributed by atoms with Gasteiger partial charge in [0.1, 0.15) is 6.20 Å². The fourth-order valence-corrected chi connectivity index (χ4v) is 1.63. The molecule has 0 spiro atoms. The first kappa shape index (κ1) is 15.1. The Morgan fingerprint density at radius 3 is 2.84 bits per heavy atom. The molecule has 0 fully saturated rings. The number of nitrogens with one attached hydrogen (secondary N) is 2. The summed E-state index contributed by atoms with van der Waals surface area (Å²) >= 11 is 0. The van der Waals surface area contributed by atoms with Gasteiger partial charge in [-0.15, -0.1) is 0 Å². The molecule has 0 aromatic carbocycles. The van der Waals surface area contributed by atoms with Crippen LogP contribution in [0.3, 0.4) is 0 Å². The molecule has 1 rings (SSSR count). The molecule has 0 saturated carbocycles. The van der Waals surface area contributed by atoms with Crippen molar-refractivity contribution in [2.75, 3.05) is 30.8 Å². The van der Waals surface area contributed by atoms with Crippen LogP contribution >= 0.6 is 0 Å². The molecule has 106 valence electrons. The first-order valence-electron chi connectivity index (χ1n) is 6.16. The van der Waals surface area contributed by atoms with Crippen LogP contribution in [-0.4, -0.2) is 40.2 Å². The monoisotopic (exact) mass is 269 g/mol. The minimum Gasteiger partial charge on any atom is -0.396 e. The van der Waals surface area contributed by atoms with Crippen molar-refractivity contribution in [3.05, 3.63) is 16.3 Å². The molecule has 1 aromatic rings. The van der Waals surface area contributed by atoms with Gasteiger partial charge in [0, 0.05) is 20.2 Å². The summed E-state index contributed by atoms with van der Waals surface area (Å²) in [5, 5.41) is 25.5. The summed E-state index contributed by atoms with van der Waals surface area (Å²) < 4.78 is 0. The third-order valence-electron chi connectivity index (χ3n) is 2.86. The molecule has 0 saturated heterocycles. The number of aliphatic hydroxyl groups excluding tert-OH is 1. The van der Waals surface area contributed by atoms with Crippen LogP contribution in [0.25, 0.3) is 0 Å². The van der Waals surface area contributed by atoms with Crippen molar-refractivity contribution in [1.29, 1.82) is 0 Å². The van der Waals surface area contributed by atoms with Gasteiger partial charge in [-0.25, -0.2) is 4.98 Å². The maximum Gasteiger partial charge on any atom is 0.329 e. The first-order chi connectivity index (χ1) is 9.12. The average Bonchev–Trinajstić information content (AvgIpc) is 2.42. The lowest BCUT2D eigenvalue weighted by Crippen LogP contribution is -2.17. The molecule has 0 amide bonds. The fourth-order valence-electron chi connectivity index (χ4n) is 1.63. The number of hydrogen-bond acceptors (Lipinski definition) is 7. The van der Waals surface area contributed by atoms with Gasteiger partial charge in [0.25, 0.3) is 0 Å². The Bertz CT molecular complexity index is 427. The second-order valence-corrected chi connectivity index (χ2v) is 4.10. The summed E-state index contributed by atoms with van der Waals surface area (Å²) in [6.07, 6.45) is 2.71. The Labute approximate surface area is 111 Å². The van der Waals surface area contributed by atoms with Crippen molar-refractivity contribution >= 4 is 17.5 Å². The summed E-state index contributed by atoms with van der Waals surface area (Å²) in [7, 11) is 1.64. The van der Waals surface area contributed by atoms with Crippen molar-refractivity contribution < 1.29 is 10.0 Å². The van der Waals surface area contributed by atoms with E-state index in [-0.39, 0.29) is 24.0 Å². The highest BCUT2D eigenvalue weighted by Gasteiger charge is 2.17. The van der Waals surface area contributed by atoms with Gasteiger partial charge in [-0.05, 0) is 12.3 Å². The van der Waals surface area contributed by atoms with Crippen LogP contribution < -0.4 is 10.6 Å². The predicted octanol–water partition coefficient (Wildman–Crippen LogP) is 1.25. The first-order valence-corrected chi connectivity index (χ1v) is 6.16. The molecule has 1 unspecified atom stereocenters. The zero-order valence-electron chi connectivity index (χ0n) is 11.1. The highest BCUT2D eigenvalue weighted by Crippen LogP contribution is 2.22. The lowest BCUT2D eigenvalue weighted by molar-refractivity contribution is -0.384. The van der Waals surface area contributed by atoms with Crippen molar-refractivity contribution in [1.82, 2.24) is 9.97 Å². The molecule has 1 aromatic heterocycles. The van der Waals surface area contributed by atoms with Crippen molar-refractivity contribution in [2.24, 2.45) is 5.92 Å². The Hall–Kier alpha value is -1.96. The summed E-state index contributed by atoms with van der Waals surface area (Å²) in [5.74, 6) is 0.765. The summed E-state index contributed by atoms with van der Waals surface area (Å²) in [5.41, 5.74) is -0.155. The van der Waals surface area contributed by atoms with Crippen molar-refractivity contribution in [3.8, 4) is 0 Å². The smallest absolute Gasteiger partial charge is 0.329 e. The van der Waals surface area contributed by atoms with E-state index in [1.165, 1.54) is 6.20 Å². The second-order valence-electron chi connectivity index (χ2n) is 4.10. The van der Waals surface area contributed by atoms with Crippen LogP contribution in [0.5, 0.6) is 0 Å². The molecule has 19 heavy (non-hydrogen) atoms. The molecule has 8 heteroatoms. The predicted molar refractivity (Wildman–Crippen MR) is 72.2 cm³/mol. The lowest BCUT2D eigenvalue weighted by atomic mass is 10.0. The number of anilines is 2. The number of aromatic nitrogens is 2. The van der Waals surface area contributed by atoms with E-state index in [9.17, 15) is 10.1 Å². The van der Waals surface area contributed by atoms with Gasteiger partial charge >= 0.3 is 5.69 Å². The van der Waals surface area contributed by atoms with Gasteiger partial charge in [-0.3, -0.25) is 10.1 Å². The summed E-state index contributed by atoms with van der Waals surface area (Å²) in [4.78, 5) is 18.2. The maximum atomic E-state index is 10.9. The third-order valence-corrected chi connectivity index (χ3v) is 2.86. The maximum absolute atomic E-state index is 10.9. The highest BCUT2D eigenvalue weighted by molar-refractivity contribution is 5.56. The largest absolute Gasteiger partial charge is 0.396 e. The van der Waals surface area contributed by atoms with Crippen molar-refractivity contribution in [3.63, 3.8) is 0 Å². The molecule has 0 aliphatic heterocycles. The van der Waals surface area contributed by atoms with Crippen LogP contribution in [0.2, 0.25) is 0 Å². The van der Waals surface area contributed by atoms with E-state index in [0.717, 1.165) is 6.42 Å². The molecule has 3 N–H and O–H groups in total. The van der Waals surface area contributed by atoms with E-state index in [1.807, 2.05) is 6.92 Å². The van der Waals surface area contributed by atoms with Gasteiger partial charge < -0.3 is 15.7 Å². The Balaban J connectivity index is 2.82. The van der Waals surface area contributed by atoms with Gasteiger partial charge in [0.2, 0.25) is 11.8 Å². The molecule has 0 aliphatic rings. The number of aliphatic hydroxyl groups is 1. The van der Waals surface area contributed by atoms with Gasteiger partial charge in [-0.1, -0.05) is 13.3 Å². The molecule has 8 nitrogen and oxygen atoms in total. The molecule has 0 aliphatic carbocycles. The van der Waals surface area contributed by atoms with E-state index in [4.69, 9.17) is 5.11 Å². The minimum atomic E-state index is -0.519. The number of nitrogens with zero attached hydrogens (tertiary/aromatic N) is 3. The quantitative estimate of drug-likeness (QED) is 0.480. The molecule has 1 heterocycles. The number of rotatable bonds is 8. The van der Waals surface area contributed by atoms with E-state index < -0.39 is 4.92 Å². The SMILES string of the molecule is CCC(CCO)CNc1nc(NC)ncc1[N+](=O)[O-]. The average molecular weight is 269 g/mol. The second kappa shape index (κ2) is 7.47. The van der Waals surface area contributed by atoms with Crippen LogP contribution in [-0.2, 0) is 0 Å². The Morgan fingerprint density at radius 1 is 1.58 bits per heavy atom. The highest BCUT2D eigenvalue weighted by atomic mass is 16.6. The van der Waals surface area contributed by atoms with Gasteiger partial charge in [0.15, 0.2) is 0 Å². The van der Waals surface area contributed by atoms with Crippen LogP contribution in [0, 0.1) is 16.0 Å². The minimum absolute atomic E-state index is 0.105. The molecule has 0 radical (unpaired) electrons. The molecule has 0 bridgehead atoms. The fraction of sp³-hybridized carbons (Fsp3) is 0.636. The van der Waals surface area contributed by atoms with E-state index in [0.29, 0.717) is 18.9 Å². The zero-order chi connectivity index (χ0) is 14.3. The lowest BCUT2D eigenvalue weighted by Gasteiger charge is -2.14. The number of hydrogen-bond donors (Lipinski definition) is 3. The van der Waals surface area contributed by atoms with Crippen LogP contribution in [0.4, 0.5) is 17.5 Å². The van der Waals surface area contributed by atoms with Crippen LogP contribution in [0.15, 0.2) is 6.20 Å². The molecule has 1 atom stereocenters. The van der Waals surface area contributed by atoms with E-state index >= 15 is 0 Å². The van der Waals surface area contributed by atoms with Gasteiger partial charge in [-0.2, -0.15) is 4.98 Å². The van der Waals surface area contributed by atoms with E-state index in [1.54, 1.807) is 7.05 Å². The normalized spacial score (nSPS) is 11.9. The van der Waals surface area contributed by atoms with Crippen molar-refractivity contribution in [2.45, 2.75) is 19.8 Å². The standard InChI is InChI=1S/C11H19N5O3/c1-3-8(4-5-17)6-13-10-9(16(18)19)7-14-11(12-2)15-10/h7-8,17H,3-6H2,1-2H3,(H2,12,13,14,15).